The molecular formula is C11H21NO2. The van der Waals surface area contributed by atoms with Crippen LogP contribution in [0.3, 0.4) is 0 Å². The average Bonchev–Trinajstić information content (AvgIpc) is 2.50. The molecule has 14 heavy (non-hydrogen) atoms. The van der Waals surface area contributed by atoms with Crippen LogP contribution in [0.25, 0.3) is 0 Å². The van der Waals surface area contributed by atoms with Gasteiger partial charge in [0.1, 0.15) is 5.78 Å². The van der Waals surface area contributed by atoms with Gasteiger partial charge in [-0.15, -0.1) is 0 Å². The molecule has 0 radical (unpaired) electrons. The monoisotopic (exact) mass is 199 g/mol. The number of ether oxygens (including phenoxy) is 1. The summed E-state index contributed by atoms with van der Waals surface area (Å²) in [5.41, 5.74) is 5.77. The van der Waals surface area contributed by atoms with E-state index in [0.29, 0.717) is 25.6 Å². The molecular weight excluding hydrogens is 178 g/mol. The molecule has 0 aromatic rings. The van der Waals surface area contributed by atoms with Gasteiger partial charge in [0.25, 0.3) is 0 Å². The minimum absolute atomic E-state index is 0.0397. The second kappa shape index (κ2) is 5.47. The molecule has 1 aliphatic rings. The van der Waals surface area contributed by atoms with Crippen molar-refractivity contribution in [1.29, 1.82) is 0 Å². The largest absolute Gasteiger partial charge is 0.379 e. The number of Topliss-reactive ketones (excluding diaryl/α,β-unsaturated/α-hetero) is 1. The molecule has 0 aromatic carbocycles. The van der Waals surface area contributed by atoms with Crippen LogP contribution in [0.4, 0.5) is 0 Å². The number of hydrogen-bond acceptors (Lipinski definition) is 3. The van der Waals surface area contributed by atoms with Gasteiger partial charge in [0.2, 0.25) is 0 Å². The highest BCUT2D eigenvalue weighted by Crippen LogP contribution is 2.16. The van der Waals surface area contributed by atoms with Crippen LogP contribution >= 0.6 is 0 Å². The second-order valence-corrected chi connectivity index (χ2v) is 4.56. The topological polar surface area (TPSA) is 52.3 Å². The quantitative estimate of drug-likeness (QED) is 0.727. The van der Waals surface area contributed by atoms with Crippen LogP contribution in [0.1, 0.15) is 33.1 Å². The van der Waals surface area contributed by atoms with E-state index in [4.69, 9.17) is 10.5 Å². The van der Waals surface area contributed by atoms with E-state index in [1.54, 1.807) is 0 Å². The number of rotatable bonds is 5. The van der Waals surface area contributed by atoms with Crippen molar-refractivity contribution in [3.63, 3.8) is 0 Å². The predicted octanol–water partition coefficient (Wildman–Crippen LogP) is 1.36. The van der Waals surface area contributed by atoms with E-state index in [0.717, 1.165) is 12.8 Å². The fourth-order valence-electron chi connectivity index (χ4n) is 1.77. The maximum Gasteiger partial charge on any atom is 0.139 e. The Morgan fingerprint density at radius 3 is 2.71 bits per heavy atom. The number of ketones is 1. The minimum Gasteiger partial charge on any atom is -0.379 e. The third kappa shape index (κ3) is 3.39. The summed E-state index contributed by atoms with van der Waals surface area (Å²) in [4.78, 5) is 11.7. The number of hydrogen-bond donors (Lipinski definition) is 1. The van der Waals surface area contributed by atoms with E-state index in [-0.39, 0.29) is 17.7 Å². The van der Waals surface area contributed by atoms with E-state index in [2.05, 4.69) is 13.8 Å². The molecule has 0 bridgehead atoms. The van der Waals surface area contributed by atoms with Crippen molar-refractivity contribution >= 4 is 5.78 Å². The van der Waals surface area contributed by atoms with Crippen molar-refractivity contribution in [2.75, 3.05) is 13.2 Å². The fraction of sp³-hybridized carbons (Fsp3) is 0.909. The van der Waals surface area contributed by atoms with E-state index in [9.17, 15) is 4.79 Å². The first kappa shape index (κ1) is 11.7. The van der Waals surface area contributed by atoms with Crippen LogP contribution in [0.2, 0.25) is 0 Å². The molecule has 0 amide bonds. The summed E-state index contributed by atoms with van der Waals surface area (Å²) < 4.78 is 5.17. The smallest absolute Gasteiger partial charge is 0.139 e. The van der Waals surface area contributed by atoms with Gasteiger partial charge in [-0.05, 0) is 12.3 Å². The molecule has 3 heteroatoms. The van der Waals surface area contributed by atoms with Crippen LogP contribution in [0.5, 0.6) is 0 Å². The van der Waals surface area contributed by atoms with Crippen molar-refractivity contribution in [2.24, 2.45) is 17.6 Å². The van der Waals surface area contributed by atoms with Gasteiger partial charge in [-0.25, -0.2) is 0 Å². The molecule has 2 unspecified atom stereocenters. The van der Waals surface area contributed by atoms with Crippen molar-refractivity contribution in [3.05, 3.63) is 0 Å². The SMILES string of the molecule is CC(C)CCCC(=O)C1COCC1N. The molecule has 0 spiro atoms. The van der Waals surface area contributed by atoms with Gasteiger partial charge in [-0.3, -0.25) is 4.79 Å². The highest BCUT2D eigenvalue weighted by molar-refractivity contribution is 5.82. The Morgan fingerprint density at radius 2 is 2.21 bits per heavy atom. The van der Waals surface area contributed by atoms with Crippen LogP contribution < -0.4 is 5.73 Å². The van der Waals surface area contributed by atoms with E-state index in [1.807, 2.05) is 0 Å². The fourth-order valence-corrected chi connectivity index (χ4v) is 1.77. The number of carbonyl (C=O) groups excluding carboxylic acids is 1. The minimum atomic E-state index is -0.0680. The molecule has 1 rings (SSSR count). The van der Waals surface area contributed by atoms with Gasteiger partial charge in [0, 0.05) is 12.5 Å². The molecule has 0 saturated carbocycles. The Balaban J connectivity index is 2.21. The third-order valence-electron chi connectivity index (χ3n) is 2.74. The number of nitrogens with two attached hydrogens (primary N) is 1. The van der Waals surface area contributed by atoms with Gasteiger partial charge >= 0.3 is 0 Å². The third-order valence-corrected chi connectivity index (χ3v) is 2.74. The maximum absolute atomic E-state index is 11.7. The van der Waals surface area contributed by atoms with Crippen molar-refractivity contribution in [2.45, 2.75) is 39.2 Å². The average molecular weight is 199 g/mol. The zero-order valence-corrected chi connectivity index (χ0v) is 9.16. The van der Waals surface area contributed by atoms with Gasteiger partial charge in [0.15, 0.2) is 0 Å². The first-order chi connectivity index (χ1) is 6.61. The lowest BCUT2D eigenvalue weighted by Crippen LogP contribution is -2.34. The highest BCUT2D eigenvalue weighted by Gasteiger charge is 2.30. The van der Waals surface area contributed by atoms with E-state index >= 15 is 0 Å². The lowest BCUT2D eigenvalue weighted by molar-refractivity contribution is -0.123. The van der Waals surface area contributed by atoms with Crippen molar-refractivity contribution < 1.29 is 9.53 Å². The number of carbonyl (C=O) groups is 1. The Bertz CT molecular complexity index is 192. The summed E-state index contributed by atoms with van der Waals surface area (Å²) in [6.45, 7) is 5.42. The summed E-state index contributed by atoms with van der Waals surface area (Å²) in [6, 6.07) is -0.0680. The maximum atomic E-state index is 11.7. The molecule has 0 aliphatic carbocycles. The highest BCUT2D eigenvalue weighted by atomic mass is 16.5. The lowest BCUT2D eigenvalue weighted by atomic mass is 9.94. The Kier molecular flexibility index (Phi) is 4.55. The van der Waals surface area contributed by atoms with Gasteiger partial charge in [-0.2, -0.15) is 0 Å². The predicted molar refractivity (Wildman–Crippen MR) is 56.0 cm³/mol. The molecule has 82 valence electrons. The summed E-state index contributed by atoms with van der Waals surface area (Å²) >= 11 is 0. The van der Waals surface area contributed by atoms with E-state index < -0.39 is 0 Å². The van der Waals surface area contributed by atoms with Crippen LogP contribution in [-0.2, 0) is 9.53 Å². The molecule has 0 aromatic heterocycles. The van der Waals surface area contributed by atoms with Crippen LogP contribution in [0, 0.1) is 11.8 Å². The summed E-state index contributed by atoms with van der Waals surface area (Å²) in [5, 5.41) is 0. The van der Waals surface area contributed by atoms with Gasteiger partial charge in [0.05, 0.1) is 19.1 Å². The summed E-state index contributed by atoms with van der Waals surface area (Å²) in [7, 11) is 0. The van der Waals surface area contributed by atoms with Crippen molar-refractivity contribution in [1.82, 2.24) is 0 Å². The first-order valence-electron chi connectivity index (χ1n) is 5.47. The van der Waals surface area contributed by atoms with Crippen molar-refractivity contribution in [3.8, 4) is 0 Å². The molecule has 1 saturated heterocycles. The molecule has 1 aliphatic heterocycles. The Labute approximate surface area is 86.0 Å². The summed E-state index contributed by atoms with van der Waals surface area (Å²) in [6.07, 6.45) is 2.77. The standard InChI is InChI=1S/C11H21NO2/c1-8(2)4-3-5-11(13)9-6-14-7-10(9)12/h8-10H,3-7,12H2,1-2H3. The normalized spacial score (nSPS) is 27.1. The second-order valence-electron chi connectivity index (χ2n) is 4.56. The first-order valence-corrected chi connectivity index (χ1v) is 5.47. The van der Waals surface area contributed by atoms with Gasteiger partial charge in [-0.1, -0.05) is 20.3 Å². The molecule has 1 fully saturated rings. The van der Waals surface area contributed by atoms with Crippen LogP contribution in [0.15, 0.2) is 0 Å². The molecule has 3 nitrogen and oxygen atoms in total. The Hall–Kier alpha value is -0.410. The Morgan fingerprint density at radius 1 is 1.50 bits per heavy atom. The van der Waals surface area contributed by atoms with E-state index in [1.165, 1.54) is 0 Å². The molecule has 2 atom stereocenters. The molecule has 2 N–H and O–H groups in total. The lowest BCUT2D eigenvalue weighted by Gasteiger charge is -2.11. The molecule has 1 heterocycles. The summed E-state index contributed by atoms with van der Waals surface area (Å²) in [5.74, 6) is 0.925. The zero-order chi connectivity index (χ0) is 10.6. The zero-order valence-electron chi connectivity index (χ0n) is 9.16. The van der Waals surface area contributed by atoms with Crippen LogP contribution in [-0.4, -0.2) is 25.0 Å². The van der Waals surface area contributed by atoms with Gasteiger partial charge < -0.3 is 10.5 Å².